The van der Waals surface area contributed by atoms with Gasteiger partial charge < -0.3 is 14.6 Å². The first-order chi connectivity index (χ1) is 11.7. The number of nitrogens with one attached hydrogen (secondary N) is 1. The summed E-state index contributed by atoms with van der Waals surface area (Å²) in [5, 5.41) is 3.35. The number of carbonyl (C=O) groups is 1. The quantitative estimate of drug-likeness (QED) is 0.837. The highest BCUT2D eigenvalue weighted by Gasteiger charge is 2.25. The number of carbonyl (C=O) groups excluding carboxylic acids is 1. The van der Waals surface area contributed by atoms with Gasteiger partial charge in [-0.3, -0.25) is 4.79 Å². The first-order valence-electron chi connectivity index (χ1n) is 8.69. The number of pyridine rings is 1. The Morgan fingerprint density at radius 3 is 3.08 bits per heavy atom. The van der Waals surface area contributed by atoms with Gasteiger partial charge in [-0.25, -0.2) is 4.98 Å². The van der Waals surface area contributed by atoms with Crippen LogP contribution in [-0.4, -0.2) is 51.6 Å². The van der Waals surface area contributed by atoms with Crippen LogP contribution in [0.25, 0.3) is 5.65 Å². The SMILES string of the molecule is CCCN(C(=O)CSCc1cn2cc(C)ccc2n1)C1CCNC1. The number of aromatic nitrogens is 2. The van der Waals surface area contributed by atoms with Gasteiger partial charge in [-0.15, -0.1) is 11.8 Å². The number of amides is 1. The Bertz CT molecular complexity index is 693. The molecule has 3 heterocycles. The zero-order valence-electron chi connectivity index (χ0n) is 14.5. The van der Waals surface area contributed by atoms with Crippen molar-refractivity contribution in [1.82, 2.24) is 19.6 Å². The van der Waals surface area contributed by atoms with Crippen molar-refractivity contribution >= 4 is 23.3 Å². The van der Waals surface area contributed by atoms with E-state index in [1.165, 1.54) is 5.56 Å². The average molecular weight is 347 g/mol. The lowest BCUT2D eigenvalue weighted by Gasteiger charge is -2.28. The molecule has 6 heteroatoms. The van der Waals surface area contributed by atoms with Crippen LogP contribution in [0.2, 0.25) is 0 Å². The van der Waals surface area contributed by atoms with E-state index in [9.17, 15) is 4.79 Å². The first-order valence-corrected chi connectivity index (χ1v) is 9.85. The van der Waals surface area contributed by atoms with Crippen LogP contribution < -0.4 is 5.32 Å². The molecule has 0 saturated carbocycles. The van der Waals surface area contributed by atoms with Crippen molar-refractivity contribution in [2.45, 2.75) is 38.5 Å². The van der Waals surface area contributed by atoms with Gasteiger partial charge in [-0.05, 0) is 37.9 Å². The van der Waals surface area contributed by atoms with Crippen molar-refractivity contribution in [1.29, 1.82) is 0 Å². The van der Waals surface area contributed by atoms with Crippen LogP contribution >= 0.6 is 11.8 Å². The van der Waals surface area contributed by atoms with E-state index in [-0.39, 0.29) is 5.91 Å². The predicted molar refractivity (Wildman–Crippen MR) is 99.4 cm³/mol. The summed E-state index contributed by atoms with van der Waals surface area (Å²) in [5.41, 5.74) is 3.21. The molecule has 130 valence electrons. The molecule has 1 unspecified atom stereocenters. The summed E-state index contributed by atoms with van der Waals surface area (Å²) in [6.45, 7) is 7.02. The molecule has 1 aliphatic rings. The van der Waals surface area contributed by atoms with Crippen LogP contribution in [-0.2, 0) is 10.5 Å². The Kier molecular flexibility index (Phi) is 5.79. The Balaban J connectivity index is 1.54. The van der Waals surface area contributed by atoms with Crippen LogP contribution in [0.4, 0.5) is 0 Å². The molecule has 1 amide bonds. The normalized spacial score (nSPS) is 17.5. The van der Waals surface area contributed by atoms with Gasteiger partial charge >= 0.3 is 0 Å². The van der Waals surface area contributed by atoms with Crippen molar-refractivity contribution in [2.75, 3.05) is 25.4 Å². The summed E-state index contributed by atoms with van der Waals surface area (Å²) in [7, 11) is 0. The standard InChI is InChI=1S/C18H26N4OS/c1-3-8-22(16-6-7-19-9-16)18(23)13-24-12-15-11-21-10-14(2)4-5-17(21)20-15/h4-5,10-11,16,19H,3,6-9,12-13H2,1-2H3. The molecule has 0 radical (unpaired) electrons. The lowest BCUT2D eigenvalue weighted by atomic mass is 10.2. The lowest BCUT2D eigenvalue weighted by molar-refractivity contribution is -0.130. The third kappa shape index (κ3) is 4.11. The van der Waals surface area contributed by atoms with Gasteiger partial charge in [0, 0.05) is 37.3 Å². The van der Waals surface area contributed by atoms with E-state index in [0.29, 0.717) is 11.8 Å². The minimum absolute atomic E-state index is 0.259. The number of nitrogens with zero attached hydrogens (tertiary/aromatic N) is 3. The summed E-state index contributed by atoms with van der Waals surface area (Å²) in [6, 6.07) is 4.47. The Morgan fingerprint density at radius 2 is 2.33 bits per heavy atom. The second kappa shape index (κ2) is 8.03. The van der Waals surface area contributed by atoms with E-state index in [1.807, 2.05) is 6.07 Å². The third-order valence-corrected chi connectivity index (χ3v) is 5.34. The van der Waals surface area contributed by atoms with Gasteiger partial charge in [-0.1, -0.05) is 13.0 Å². The molecule has 1 N–H and O–H groups in total. The topological polar surface area (TPSA) is 49.6 Å². The van der Waals surface area contributed by atoms with E-state index in [0.717, 1.165) is 49.6 Å². The molecule has 0 aliphatic carbocycles. The summed E-state index contributed by atoms with van der Waals surface area (Å²) in [4.78, 5) is 19.3. The van der Waals surface area contributed by atoms with Crippen molar-refractivity contribution < 1.29 is 4.79 Å². The number of fused-ring (bicyclic) bond motifs is 1. The maximum atomic E-state index is 12.6. The Hall–Kier alpha value is -1.53. The molecule has 5 nitrogen and oxygen atoms in total. The van der Waals surface area contributed by atoms with Crippen molar-refractivity contribution in [3.63, 3.8) is 0 Å². The molecule has 0 aromatic carbocycles. The highest BCUT2D eigenvalue weighted by molar-refractivity contribution is 7.99. The molecule has 2 aromatic rings. The van der Waals surface area contributed by atoms with Crippen molar-refractivity contribution in [3.05, 3.63) is 35.8 Å². The number of hydrogen-bond acceptors (Lipinski definition) is 4. The van der Waals surface area contributed by atoms with Crippen LogP contribution in [0.3, 0.4) is 0 Å². The fourth-order valence-electron chi connectivity index (χ4n) is 3.21. The molecule has 3 rings (SSSR count). The van der Waals surface area contributed by atoms with E-state index < -0.39 is 0 Å². The monoisotopic (exact) mass is 346 g/mol. The molecular weight excluding hydrogens is 320 g/mol. The number of rotatable bonds is 7. The highest BCUT2D eigenvalue weighted by atomic mass is 32.2. The minimum Gasteiger partial charge on any atom is -0.338 e. The van der Waals surface area contributed by atoms with Gasteiger partial charge in [0.25, 0.3) is 0 Å². The highest BCUT2D eigenvalue weighted by Crippen LogP contribution is 2.16. The Labute approximate surface area is 147 Å². The molecule has 1 fully saturated rings. The molecule has 0 bridgehead atoms. The van der Waals surface area contributed by atoms with Crippen LogP contribution in [0.15, 0.2) is 24.5 Å². The van der Waals surface area contributed by atoms with Gasteiger partial charge in [-0.2, -0.15) is 0 Å². The lowest BCUT2D eigenvalue weighted by Crippen LogP contribution is -2.43. The molecule has 1 atom stereocenters. The molecule has 1 aliphatic heterocycles. The Morgan fingerprint density at radius 1 is 1.46 bits per heavy atom. The fraction of sp³-hybridized carbons (Fsp3) is 0.556. The van der Waals surface area contributed by atoms with Crippen molar-refractivity contribution in [2.24, 2.45) is 0 Å². The van der Waals surface area contributed by atoms with Gasteiger partial charge in [0.15, 0.2) is 0 Å². The van der Waals surface area contributed by atoms with E-state index in [1.54, 1.807) is 11.8 Å². The molecule has 2 aromatic heterocycles. The van der Waals surface area contributed by atoms with Crippen LogP contribution in [0.5, 0.6) is 0 Å². The molecule has 1 saturated heterocycles. The first kappa shape index (κ1) is 17.3. The summed E-state index contributed by atoms with van der Waals surface area (Å²) >= 11 is 1.66. The zero-order chi connectivity index (χ0) is 16.9. The van der Waals surface area contributed by atoms with E-state index in [4.69, 9.17) is 0 Å². The molecule has 24 heavy (non-hydrogen) atoms. The van der Waals surface area contributed by atoms with Crippen molar-refractivity contribution in [3.8, 4) is 0 Å². The van der Waals surface area contributed by atoms with Crippen LogP contribution in [0.1, 0.15) is 31.0 Å². The van der Waals surface area contributed by atoms with Crippen LogP contribution in [0, 0.1) is 6.92 Å². The maximum Gasteiger partial charge on any atom is 0.232 e. The number of aryl methyl sites for hydroxylation is 1. The number of thioether (sulfide) groups is 1. The maximum absolute atomic E-state index is 12.6. The van der Waals surface area contributed by atoms with Gasteiger partial charge in [0.1, 0.15) is 5.65 Å². The minimum atomic E-state index is 0.259. The zero-order valence-corrected chi connectivity index (χ0v) is 15.3. The smallest absolute Gasteiger partial charge is 0.232 e. The summed E-state index contributed by atoms with van der Waals surface area (Å²) in [6.07, 6.45) is 6.23. The fourth-order valence-corrected chi connectivity index (χ4v) is 4.00. The summed E-state index contributed by atoms with van der Waals surface area (Å²) in [5.74, 6) is 1.56. The van der Waals surface area contributed by atoms with E-state index in [2.05, 4.69) is 51.9 Å². The van der Waals surface area contributed by atoms with E-state index >= 15 is 0 Å². The van der Waals surface area contributed by atoms with Gasteiger partial charge in [0.05, 0.1) is 11.4 Å². The predicted octanol–water partition coefficient (Wildman–Crippen LogP) is 2.48. The van der Waals surface area contributed by atoms with Gasteiger partial charge in [0.2, 0.25) is 5.91 Å². The second-order valence-corrected chi connectivity index (χ2v) is 7.42. The number of hydrogen-bond donors (Lipinski definition) is 1. The average Bonchev–Trinajstić information content (AvgIpc) is 3.21. The summed E-state index contributed by atoms with van der Waals surface area (Å²) < 4.78 is 2.06. The largest absolute Gasteiger partial charge is 0.338 e. The molecular formula is C18H26N4OS. The second-order valence-electron chi connectivity index (χ2n) is 6.43. The third-order valence-electron chi connectivity index (χ3n) is 4.38. The number of imidazole rings is 1. The molecule has 0 spiro atoms.